The molecule has 0 amide bonds. The first-order valence-corrected chi connectivity index (χ1v) is 15.9. The molecule has 0 aliphatic heterocycles. The maximum atomic E-state index is 6.65. The molecule has 0 N–H and O–H groups in total. The van der Waals surface area contributed by atoms with E-state index in [9.17, 15) is 0 Å². The fourth-order valence-electron chi connectivity index (χ4n) is 7.52. The summed E-state index contributed by atoms with van der Waals surface area (Å²) < 4.78 is 0. The molecule has 4 aromatic rings. The van der Waals surface area contributed by atoms with Crippen LogP contribution in [-0.2, 0) is 17.3 Å². The van der Waals surface area contributed by atoms with E-state index < -0.39 is 0 Å². The molecule has 0 saturated heterocycles. The van der Waals surface area contributed by atoms with Gasteiger partial charge in [-0.15, -0.1) is 0 Å². The Bertz CT molecular complexity index is 1610. The summed E-state index contributed by atoms with van der Waals surface area (Å²) in [5.41, 5.74) is 6.42. The van der Waals surface area contributed by atoms with Crippen LogP contribution < -0.4 is 0 Å². The van der Waals surface area contributed by atoms with Crippen molar-refractivity contribution in [2.75, 3.05) is 0 Å². The fraction of sp³-hybridized carbons (Fsp3) is 0.538. The minimum atomic E-state index is -0.249. The average Bonchev–Trinajstić information content (AvgIpc) is 2.87. The van der Waals surface area contributed by atoms with Gasteiger partial charge in [0.15, 0.2) is 0 Å². The molecule has 2 aromatic heterocycles. The van der Waals surface area contributed by atoms with Gasteiger partial charge in [-0.25, -0.2) is 0 Å². The summed E-state index contributed by atoms with van der Waals surface area (Å²) >= 11 is 6.65. The molecular weight excluding hydrogens is 532 g/mol. The molecule has 2 nitrogen and oxygen atoms in total. The number of halogens is 1. The van der Waals surface area contributed by atoms with Gasteiger partial charge in [-0.1, -0.05) is 138 Å². The highest BCUT2D eigenvalue weighted by molar-refractivity contribution is 6.35. The van der Waals surface area contributed by atoms with Crippen LogP contribution in [0, 0.1) is 28.6 Å². The number of para-hydroxylation sites is 1. The number of nitrogens with zero attached hydrogens (tertiary/aromatic N) is 2. The summed E-state index contributed by atoms with van der Waals surface area (Å²) in [4.78, 5) is 10.7. The molecule has 0 aliphatic carbocycles. The van der Waals surface area contributed by atoms with Crippen molar-refractivity contribution in [2.45, 2.75) is 114 Å². The molecule has 0 aliphatic rings. The molecule has 226 valence electrons. The highest BCUT2D eigenvalue weighted by atomic mass is 35.5. The van der Waals surface area contributed by atoms with Crippen LogP contribution in [0.2, 0.25) is 5.02 Å². The Morgan fingerprint density at radius 1 is 0.548 bits per heavy atom. The minimum Gasteiger partial charge on any atom is -0.252 e. The number of aryl methyl sites for hydroxylation is 1. The van der Waals surface area contributed by atoms with E-state index in [4.69, 9.17) is 21.6 Å². The van der Waals surface area contributed by atoms with Crippen LogP contribution in [0.5, 0.6) is 0 Å². The van der Waals surface area contributed by atoms with Crippen molar-refractivity contribution < 1.29 is 0 Å². The van der Waals surface area contributed by atoms with Crippen molar-refractivity contribution in [3.05, 3.63) is 82.1 Å². The van der Waals surface area contributed by atoms with Crippen LogP contribution in [0.1, 0.15) is 113 Å². The molecule has 1 atom stereocenters. The largest absolute Gasteiger partial charge is 0.252 e. The van der Waals surface area contributed by atoms with Crippen molar-refractivity contribution in [1.29, 1.82) is 0 Å². The van der Waals surface area contributed by atoms with E-state index >= 15 is 0 Å². The Morgan fingerprint density at radius 2 is 1.00 bits per heavy atom. The molecule has 0 spiro atoms. The van der Waals surface area contributed by atoms with Gasteiger partial charge in [0.1, 0.15) is 0 Å². The normalized spacial score (nSPS) is 15.3. The van der Waals surface area contributed by atoms with Crippen LogP contribution in [0.15, 0.2) is 54.6 Å². The molecule has 0 unspecified atom stereocenters. The number of benzene rings is 2. The number of rotatable bonds is 5. The van der Waals surface area contributed by atoms with Gasteiger partial charge < -0.3 is 0 Å². The first kappa shape index (κ1) is 32.5. The third-order valence-electron chi connectivity index (χ3n) is 11.4. The zero-order valence-corrected chi connectivity index (χ0v) is 29.4. The fourth-order valence-corrected chi connectivity index (χ4v) is 7.75. The van der Waals surface area contributed by atoms with E-state index in [2.05, 4.69) is 139 Å². The molecule has 2 aromatic carbocycles. The molecule has 4 rings (SSSR count). The molecule has 0 bridgehead atoms. The number of aromatic nitrogens is 2. The summed E-state index contributed by atoms with van der Waals surface area (Å²) in [5, 5.41) is 2.98. The first-order chi connectivity index (χ1) is 19.1. The predicted octanol–water partition coefficient (Wildman–Crippen LogP) is 11.7. The van der Waals surface area contributed by atoms with Crippen molar-refractivity contribution in [1.82, 2.24) is 9.97 Å². The third kappa shape index (κ3) is 5.06. The Labute approximate surface area is 260 Å². The predicted molar refractivity (Wildman–Crippen MR) is 184 cm³/mol. The van der Waals surface area contributed by atoms with E-state index in [0.717, 1.165) is 28.5 Å². The van der Waals surface area contributed by atoms with E-state index in [-0.39, 0.29) is 32.5 Å². The van der Waals surface area contributed by atoms with Crippen molar-refractivity contribution in [2.24, 2.45) is 21.7 Å². The standard InChI is InChI=1S/C39H53ClN2/c1-25-28(19-18-27-21-22-30(41-32(25)27)38(13,34(2,3)4)35(5,6)7)24-37(11,12)39(14,36(8,9)10)31-23-20-26-16-15-17-29(40)33(26)42-31/h15-23H,24H2,1-14H3/t39-/m1/s1. The van der Waals surface area contributed by atoms with Gasteiger partial charge in [0, 0.05) is 33.0 Å². The summed E-state index contributed by atoms with van der Waals surface area (Å²) in [6, 6.07) is 19.5. The Kier molecular flexibility index (Phi) is 7.98. The average molecular weight is 585 g/mol. The molecule has 42 heavy (non-hydrogen) atoms. The zero-order chi connectivity index (χ0) is 31.7. The lowest BCUT2D eigenvalue weighted by Crippen LogP contribution is -2.51. The molecule has 0 saturated carbocycles. The van der Waals surface area contributed by atoms with Crippen LogP contribution in [0.25, 0.3) is 21.8 Å². The Balaban J connectivity index is 1.87. The number of hydrogen-bond donors (Lipinski definition) is 0. The molecule has 0 fully saturated rings. The smallest absolute Gasteiger partial charge is 0.0891 e. The highest BCUT2D eigenvalue weighted by Crippen LogP contribution is 2.55. The van der Waals surface area contributed by atoms with E-state index in [1.54, 1.807) is 0 Å². The van der Waals surface area contributed by atoms with Gasteiger partial charge in [0.25, 0.3) is 0 Å². The number of hydrogen-bond acceptors (Lipinski definition) is 2. The van der Waals surface area contributed by atoms with Gasteiger partial charge in [0.05, 0.1) is 16.1 Å². The summed E-state index contributed by atoms with van der Waals surface area (Å²) in [6.07, 6.45) is 0.909. The van der Waals surface area contributed by atoms with E-state index in [0.29, 0.717) is 5.02 Å². The van der Waals surface area contributed by atoms with E-state index in [1.165, 1.54) is 22.2 Å². The van der Waals surface area contributed by atoms with Gasteiger partial charge in [-0.05, 0) is 64.3 Å². The zero-order valence-electron chi connectivity index (χ0n) is 28.7. The molecule has 3 heteroatoms. The summed E-state index contributed by atoms with van der Waals surface area (Å²) in [7, 11) is 0. The third-order valence-corrected chi connectivity index (χ3v) is 11.7. The second kappa shape index (κ2) is 10.3. The first-order valence-electron chi connectivity index (χ1n) is 15.5. The SMILES string of the molecule is Cc1c(CC(C)(C)[C@](C)(c2ccc3cccc(Cl)c3n2)C(C)(C)C)ccc2ccc(C(C)(C(C)(C)C)C(C)(C)C)nc12. The van der Waals surface area contributed by atoms with E-state index in [1.807, 2.05) is 12.1 Å². The lowest BCUT2D eigenvalue weighted by molar-refractivity contribution is 0.0508. The van der Waals surface area contributed by atoms with Gasteiger partial charge in [-0.2, -0.15) is 0 Å². The summed E-state index contributed by atoms with van der Waals surface area (Å²) in [5.74, 6) is 0. The Hall–Kier alpha value is -2.45. The van der Waals surface area contributed by atoms with Crippen molar-refractivity contribution in [3.8, 4) is 0 Å². The monoisotopic (exact) mass is 584 g/mol. The van der Waals surface area contributed by atoms with Crippen molar-refractivity contribution in [3.63, 3.8) is 0 Å². The lowest BCUT2D eigenvalue weighted by atomic mass is 9.51. The summed E-state index contributed by atoms with van der Waals surface area (Å²) in [6.45, 7) is 32.9. The second-order valence-electron chi connectivity index (χ2n) is 16.7. The maximum absolute atomic E-state index is 6.65. The quantitative estimate of drug-likeness (QED) is 0.233. The topological polar surface area (TPSA) is 25.8 Å². The number of fused-ring (bicyclic) bond motifs is 2. The van der Waals surface area contributed by atoms with Crippen LogP contribution in [0.3, 0.4) is 0 Å². The van der Waals surface area contributed by atoms with Gasteiger partial charge in [-0.3, -0.25) is 9.97 Å². The van der Waals surface area contributed by atoms with Gasteiger partial charge >= 0.3 is 0 Å². The molecule has 0 radical (unpaired) electrons. The highest BCUT2D eigenvalue weighted by Gasteiger charge is 2.52. The second-order valence-corrected chi connectivity index (χ2v) is 17.1. The van der Waals surface area contributed by atoms with Crippen LogP contribution >= 0.6 is 11.6 Å². The van der Waals surface area contributed by atoms with Crippen LogP contribution in [-0.4, -0.2) is 9.97 Å². The lowest BCUT2D eigenvalue weighted by Gasteiger charge is -2.53. The minimum absolute atomic E-state index is 0.0453. The molecular formula is C39H53ClN2. The van der Waals surface area contributed by atoms with Gasteiger partial charge in [0.2, 0.25) is 0 Å². The maximum Gasteiger partial charge on any atom is 0.0891 e. The molecule has 2 heterocycles. The number of pyridine rings is 2. The van der Waals surface area contributed by atoms with Crippen molar-refractivity contribution >= 4 is 33.4 Å². The Morgan fingerprint density at radius 3 is 1.52 bits per heavy atom. The van der Waals surface area contributed by atoms with Crippen LogP contribution in [0.4, 0.5) is 0 Å².